The minimum absolute atomic E-state index is 0.0160. The molecule has 3 aromatic carbocycles. The third-order valence-electron chi connectivity index (χ3n) is 8.01. The van der Waals surface area contributed by atoms with Crippen molar-refractivity contribution < 1.29 is 19.1 Å². The summed E-state index contributed by atoms with van der Waals surface area (Å²) in [5.41, 5.74) is 3.18. The molecule has 5 rings (SSSR count). The molecule has 0 aromatic heterocycles. The van der Waals surface area contributed by atoms with Crippen molar-refractivity contribution in [3.8, 4) is 5.75 Å². The Labute approximate surface area is 247 Å². The number of unbranched alkanes of at least 4 members (excludes halogenated alkanes) is 1. The van der Waals surface area contributed by atoms with Crippen molar-refractivity contribution in [2.75, 3.05) is 33.8 Å². The molecule has 9 heteroatoms. The first-order valence-corrected chi connectivity index (χ1v) is 14.5. The Bertz CT molecular complexity index is 1350. The van der Waals surface area contributed by atoms with Gasteiger partial charge in [0.2, 0.25) is 11.8 Å². The number of likely N-dealkylation sites (N-methyl/N-ethyl adjacent to an activating group) is 1. The lowest BCUT2D eigenvalue weighted by Crippen LogP contribution is -2.76. The van der Waals surface area contributed by atoms with Gasteiger partial charge in [0.25, 0.3) is 0 Å². The number of nitrogens with one attached hydrogen (secondary N) is 1. The fraction of sp³-hybridized carbons (Fsp3) is 0.364. The zero-order chi connectivity index (χ0) is 29.5. The SMILES string of the molecule is COc1ccc(CNC(=O)N2[C@H]3CN(CCCCc4ccccc4)C(=O)[C@H](Cc4ccccc4)N3C(=O)CN2C)cc1. The van der Waals surface area contributed by atoms with Gasteiger partial charge in [-0.1, -0.05) is 72.8 Å². The molecule has 2 heterocycles. The van der Waals surface area contributed by atoms with E-state index in [4.69, 9.17) is 4.74 Å². The number of methoxy groups -OCH3 is 1. The second kappa shape index (κ2) is 13.5. The van der Waals surface area contributed by atoms with Crippen LogP contribution in [0.25, 0.3) is 0 Å². The number of hydrogen-bond donors (Lipinski definition) is 1. The van der Waals surface area contributed by atoms with E-state index in [1.807, 2.05) is 77.7 Å². The molecule has 9 nitrogen and oxygen atoms in total. The number of hydrogen-bond acceptors (Lipinski definition) is 5. The third kappa shape index (κ3) is 6.74. The number of carbonyl (C=O) groups excluding carboxylic acids is 3. The minimum Gasteiger partial charge on any atom is -0.497 e. The Morgan fingerprint density at radius 1 is 0.881 bits per heavy atom. The van der Waals surface area contributed by atoms with Gasteiger partial charge in [0, 0.05) is 26.6 Å². The summed E-state index contributed by atoms with van der Waals surface area (Å²) in [6.07, 6.45) is 2.50. The van der Waals surface area contributed by atoms with Crippen LogP contribution in [0.2, 0.25) is 0 Å². The topological polar surface area (TPSA) is 85.4 Å². The zero-order valence-corrected chi connectivity index (χ0v) is 24.3. The van der Waals surface area contributed by atoms with E-state index >= 15 is 0 Å². The van der Waals surface area contributed by atoms with E-state index in [1.54, 1.807) is 29.1 Å². The van der Waals surface area contributed by atoms with E-state index in [1.165, 1.54) is 5.56 Å². The Kier molecular flexibility index (Phi) is 9.38. The molecule has 0 unspecified atom stereocenters. The maximum absolute atomic E-state index is 13.9. The van der Waals surface area contributed by atoms with Crippen molar-refractivity contribution >= 4 is 17.8 Å². The van der Waals surface area contributed by atoms with Crippen LogP contribution in [0.4, 0.5) is 4.79 Å². The molecule has 4 amide bonds. The number of piperazine rings is 1. The number of fused-ring (bicyclic) bond motifs is 1. The first-order chi connectivity index (χ1) is 20.4. The number of ether oxygens (including phenoxy) is 1. The maximum Gasteiger partial charge on any atom is 0.334 e. The van der Waals surface area contributed by atoms with Gasteiger partial charge in [-0.15, -0.1) is 0 Å². The van der Waals surface area contributed by atoms with Crippen molar-refractivity contribution in [3.05, 3.63) is 102 Å². The van der Waals surface area contributed by atoms with Crippen molar-refractivity contribution in [1.82, 2.24) is 25.1 Å². The molecule has 0 saturated carbocycles. The van der Waals surface area contributed by atoms with Crippen molar-refractivity contribution in [2.45, 2.75) is 44.4 Å². The molecular formula is C33H39N5O4. The van der Waals surface area contributed by atoms with Crippen LogP contribution in [0.5, 0.6) is 5.75 Å². The molecule has 1 N–H and O–H groups in total. The van der Waals surface area contributed by atoms with Crippen LogP contribution < -0.4 is 10.1 Å². The predicted molar refractivity (Wildman–Crippen MR) is 160 cm³/mol. The lowest BCUT2D eigenvalue weighted by atomic mass is 9.98. The van der Waals surface area contributed by atoms with E-state index in [0.29, 0.717) is 19.5 Å². The van der Waals surface area contributed by atoms with E-state index in [-0.39, 0.29) is 30.9 Å². The molecule has 2 saturated heterocycles. The van der Waals surface area contributed by atoms with Gasteiger partial charge in [0.1, 0.15) is 18.0 Å². The van der Waals surface area contributed by atoms with Gasteiger partial charge < -0.3 is 19.9 Å². The van der Waals surface area contributed by atoms with Crippen molar-refractivity contribution in [2.24, 2.45) is 0 Å². The van der Waals surface area contributed by atoms with Gasteiger partial charge in [0.15, 0.2) is 0 Å². The van der Waals surface area contributed by atoms with Crippen LogP contribution in [0, 0.1) is 0 Å². The summed E-state index contributed by atoms with van der Waals surface area (Å²) in [6.45, 7) is 1.17. The number of nitrogens with zero attached hydrogens (tertiary/aromatic N) is 4. The molecule has 220 valence electrons. The number of aryl methyl sites for hydroxylation is 1. The molecule has 0 aliphatic carbocycles. The molecule has 42 heavy (non-hydrogen) atoms. The summed E-state index contributed by atoms with van der Waals surface area (Å²) in [6, 6.07) is 26.6. The van der Waals surface area contributed by atoms with Crippen molar-refractivity contribution in [3.63, 3.8) is 0 Å². The highest BCUT2D eigenvalue weighted by Gasteiger charge is 2.50. The molecule has 2 atom stereocenters. The van der Waals surface area contributed by atoms with E-state index < -0.39 is 12.2 Å². The number of urea groups is 1. The highest BCUT2D eigenvalue weighted by atomic mass is 16.5. The van der Waals surface area contributed by atoms with Crippen LogP contribution in [0.3, 0.4) is 0 Å². The fourth-order valence-electron chi connectivity index (χ4n) is 5.82. The number of amides is 4. The largest absolute Gasteiger partial charge is 0.497 e. The van der Waals surface area contributed by atoms with Crippen molar-refractivity contribution in [1.29, 1.82) is 0 Å². The molecule has 0 spiro atoms. The van der Waals surface area contributed by atoms with E-state index in [9.17, 15) is 14.4 Å². The quantitative estimate of drug-likeness (QED) is 0.377. The molecular weight excluding hydrogens is 530 g/mol. The molecule has 3 aromatic rings. The maximum atomic E-state index is 13.9. The Balaban J connectivity index is 1.34. The van der Waals surface area contributed by atoms with Gasteiger partial charge in [-0.2, -0.15) is 0 Å². The van der Waals surface area contributed by atoms with Gasteiger partial charge in [-0.05, 0) is 48.1 Å². The predicted octanol–water partition coefficient (Wildman–Crippen LogP) is 3.70. The minimum atomic E-state index is -0.682. The Hall–Kier alpha value is -4.37. The standard InChI is InChI=1S/C33H39N5O4/c1-35-24-31(39)37-29(21-26-14-7-4-8-15-26)32(40)36(20-10-9-13-25-11-5-3-6-12-25)23-30(37)38(35)33(41)34-22-27-16-18-28(42-2)19-17-27/h3-8,11-12,14-19,29-30H,9-10,13,20-24H2,1-2H3,(H,34,41)/t29-,30-/m0/s1. The van der Waals surface area contributed by atoms with E-state index in [0.717, 1.165) is 36.1 Å². The first kappa shape index (κ1) is 29.1. The average molecular weight is 570 g/mol. The summed E-state index contributed by atoms with van der Waals surface area (Å²) in [5, 5.41) is 6.27. The van der Waals surface area contributed by atoms with Gasteiger partial charge >= 0.3 is 6.03 Å². The number of carbonyl (C=O) groups is 3. The highest BCUT2D eigenvalue weighted by Crippen LogP contribution is 2.28. The van der Waals surface area contributed by atoms with Crippen LogP contribution in [0.15, 0.2) is 84.9 Å². The molecule has 0 radical (unpaired) electrons. The van der Waals surface area contributed by atoms with Crippen LogP contribution >= 0.6 is 0 Å². The molecule has 2 fully saturated rings. The summed E-state index contributed by atoms with van der Waals surface area (Å²) >= 11 is 0. The number of benzene rings is 3. The summed E-state index contributed by atoms with van der Waals surface area (Å²) in [7, 11) is 3.36. The molecule has 2 aliphatic rings. The van der Waals surface area contributed by atoms with Gasteiger partial charge in [-0.3, -0.25) is 9.59 Å². The lowest BCUT2D eigenvalue weighted by molar-refractivity contribution is -0.186. The Morgan fingerprint density at radius 2 is 1.55 bits per heavy atom. The smallest absolute Gasteiger partial charge is 0.334 e. The summed E-state index contributed by atoms with van der Waals surface area (Å²) in [4.78, 5) is 44.5. The number of hydrazine groups is 1. The van der Waals surface area contributed by atoms with E-state index in [2.05, 4.69) is 17.4 Å². The number of rotatable bonds is 10. The Morgan fingerprint density at radius 3 is 2.21 bits per heavy atom. The third-order valence-corrected chi connectivity index (χ3v) is 8.01. The lowest BCUT2D eigenvalue weighted by Gasteiger charge is -2.54. The fourth-order valence-corrected chi connectivity index (χ4v) is 5.82. The first-order valence-electron chi connectivity index (χ1n) is 14.5. The molecule has 2 aliphatic heterocycles. The van der Waals surface area contributed by atoms with Gasteiger partial charge in [-0.25, -0.2) is 14.8 Å². The normalized spacial score (nSPS) is 19.0. The zero-order valence-electron chi connectivity index (χ0n) is 24.3. The average Bonchev–Trinajstić information content (AvgIpc) is 3.01. The summed E-state index contributed by atoms with van der Waals surface area (Å²) < 4.78 is 5.23. The van der Waals surface area contributed by atoms with Gasteiger partial charge in [0.05, 0.1) is 20.2 Å². The molecule has 0 bridgehead atoms. The highest BCUT2D eigenvalue weighted by molar-refractivity contribution is 5.91. The second-order valence-electron chi connectivity index (χ2n) is 10.9. The van der Waals surface area contributed by atoms with Crippen LogP contribution in [-0.2, 0) is 29.0 Å². The van der Waals surface area contributed by atoms with Crippen LogP contribution in [-0.4, -0.2) is 83.7 Å². The second-order valence-corrected chi connectivity index (χ2v) is 10.9. The monoisotopic (exact) mass is 569 g/mol. The van der Waals surface area contributed by atoms with Crippen LogP contribution in [0.1, 0.15) is 29.5 Å². The summed E-state index contributed by atoms with van der Waals surface area (Å²) in [5.74, 6) is 0.529.